The number of halogens is 7. The fraction of sp³-hybridized carbons (Fsp3) is 0.294. The van der Waals surface area contributed by atoms with Crippen LogP contribution in [0.3, 0.4) is 0 Å². The van der Waals surface area contributed by atoms with Gasteiger partial charge in [-0.25, -0.2) is 31.3 Å². The molecule has 0 radical (unpaired) electrons. The van der Waals surface area contributed by atoms with Gasteiger partial charge in [0.1, 0.15) is 35.2 Å². The summed E-state index contributed by atoms with van der Waals surface area (Å²) in [6, 6.07) is 8.08. The van der Waals surface area contributed by atoms with Crippen LogP contribution in [0.5, 0.6) is 0 Å². The molecule has 4 aromatic rings. The molecule has 270 valence electrons. The number of anilines is 1. The topological polar surface area (TPSA) is 130 Å². The molecule has 2 heterocycles. The van der Waals surface area contributed by atoms with E-state index in [2.05, 4.69) is 32.0 Å². The molecule has 2 aromatic heterocycles. The molecular weight excluding hydrogens is 720 g/mol. The third-order valence-electron chi connectivity index (χ3n) is 7.07. The molecule has 17 heteroatoms. The third-order valence-corrected chi connectivity index (χ3v) is 7.78. The largest absolute Gasteiger partial charge is 0.397 e. The lowest BCUT2D eigenvalue weighted by molar-refractivity contribution is -0.120. The van der Waals surface area contributed by atoms with E-state index in [4.69, 9.17) is 22.3 Å². The van der Waals surface area contributed by atoms with E-state index in [1.54, 1.807) is 42.3 Å². The molecule has 9 nitrogen and oxygen atoms in total. The lowest BCUT2D eigenvalue weighted by atomic mass is 9.93. The smallest absolute Gasteiger partial charge is 0.280 e. The minimum atomic E-state index is -3.34. The van der Waals surface area contributed by atoms with Crippen LogP contribution in [0.25, 0.3) is 22.0 Å². The lowest BCUT2D eigenvalue weighted by Crippen LogP contribution is -2.33. The van der Waals surface area contributed by atoms with Crippen molar-refractivity contribution in [3.8, 4) is 23.0 Å². The standard InChI is InChI=1S/C34H32ClF6N7O2S/c1-34(2,50)10-9-20-5-6-21(22-7-8-23(35)28-30(22)48(3)46-33(28)47-51-4)29(44-20)25(13-17-11-18(36)14-19(37)12-17)45-27(49)16-43-26(32(40)41)15-24(42)31(38)39/h5-8,11-12,14-15,25,31-32,50H,13,16,42H2,1-4H3,(H,45,49)(H,46,47). The second-order valence-corrected chi connectivity index (χ2v) is 12.6. The SMILES string of the molecule is CSNc1nn(C)c2c(-c3ccc(C#CC(C)(C)O)nc3C(Cc3cc(F)cc(F)c3)NC(=O)CN=C(C=C(N)C(F)F)C(F)F)ccc(Cl)c12. The van der Waals surface area contributed by atoms with Gasteiger partial charge in [0.05, 0.1) is 33.4 Å². The molecule has 2 aromatic carbocycles. The second-order valence-electron chi connectivity index (χ2n) is 11.6. The average Bonchev–Trinajstić information content (AvgIpc) is 3.37. The van der Waals surface area contributed by atoms with Crippen molar-refractivity contribution in [2.75, 3.05) is 17.5 Å². The van der Waals surface area contributed by atoms with Crippen molar-refractivity contribution in [1.82, 2.24) is 20.1 Å². The molecule has 1 unspecified atom stereocenters. The number of nitrogens with one attached hydrogen (secondary N) is 2. The number of nitrogens with two attached hydrogens (primary N) is 1. The maximum absolute atomic E-state index is 14.4. The van der Waals surface area contributed by atoms with Crippen LogP contribution < -0.4 is 15.8 Å². The molecule has 5 N–H and O–H groups in total. The minimum Gasteiger partial charge on any atom is -0.397 e. The first-order valence-electron chi connectivity index (χ1n) is 15.0. The summed E-state index contributed by atoms with van der Waals surface area (Å²) < 4.78 is 86.4. The van der Waals surface area contributed by atoms with Crippen LogP contribution in [0.4, 0.5) is 32.2 Å². The number of benzene rings is 2. The van der Waals surface area contributed by atoms with E-state index in [0.29, 0.717) is 45.0 Å². The van der Waals surface area contributed by atoms with E-state index < -0.39 is 60.0 Å². The predicted molar refractivity (Wildman–Crippen MR) is 187 cm³/mol. The molecule has 1 amide bonds. The summed E-state index contributed by atoms with van der Waals surface area (Å²) in [5.41, 5.74) is 3.24. The summed E-state index contributed by atoms with van der Waals surface area (Å²) in [6.45, 7) is 1.97. The zero-order valence-electron chi connectivity index (χ0n) is 27.5. The molecule has 0 saturated carbocycles. The van der Waals surface area contributed by atoms with Crippen LogP contribution >= 0.6 is 23.5 Å². The van der Waals surface area contributed by atoms with E-state index in [1.807, 2.05) is 0 Å². The van der Waals surface area contributed by atoms with Crippen LogP contribution in [-0.2, 0) is 18.3 Å². The van der Waals surface area contributed by atoms with E-state index >= 15 is 0 Å². The quantitative estimate of drug-likeness (QED) is 0.0556. The fourth-order valence-electron chi connectivity index (χ4n) is 5.01. The first-order chi connectivity index (χ1) is 24.0. The van der Waals surface area contributed by atoms with Crippen molar-refractivity contribution >= 4 is 51.9 Å². The van der Waals surface area contributed by atoms with Crippen LogP contribution in [0.15, 0.2) is 59.2 Å². The molecule has 1 atom stereocenters. The van der Waals surface area contributed by atoms with Gasteiger partial charge >= 0.3 is 0 Å². The van der Waals surface area contributed by atoms with Gasteiger partial charge in [-0.3, -0.25) is 14.5 Å². The van der Waals surface area contributed by atoms with Gasteiger partial charge in [-0.2, -0.15) is 5.10 Å². The summed E-state index contributed by atoms with van der Waals surface area (Å²) in [6.07, 6.45) is -4.75. The monoisotopic (exact) mass is 751 g/mol. The van der Waals surface area contributed by atoms with Crippen LogP contribution in [0.1, 0.15) is 36.8 Å². The molecule has 0 aliphatic heterocycles. The molecular formula is C34H32ClF6N7O2S. The number of alkyl halides is 4. The minimum absolute atomic E-state index is 0.0937. The molecule has 0 bridgehead atoms. The maximum Gasteiger partial charge on any atom is 0.280 e. The molecule has 0 aliphatic rings. The Morgan fingerprint density at radius 1 is 1.12 bits per heavy atom. The number of nitrogens with zero attached hydrogens (tertiary/aromatic N) is 4. The van der Waals surface area contributed by atoms with Crippen molar-refractivity contribution < 1.29 is 36.2 Å². The van der Waals surface area contributed by atoms with Gasteiger partial charge in [0.15, 0.2) is 5.82 Å². The van der Waals surface area contributed by atoms with Gasteiger partial charge in [0.25, 0.3) is 12.9 Å². The van der Waals surface area contributed by atoms with Gasteiger partial charge in [-0.15, -0.1) is 0 Å². The van der Waals surface area contributed by atoms with Crippen molar-refractivity contribution in [2.24, 2.45) is 17.8 Å². The summed E-state index contributed by atoms with van der Waals surface area (Å²) >= 11 is 7.90. The highest BCUT2D eigenvalue weighted by molar-refractivity contribution is 7.99. The van der Waals surface area contributed by atoms with Gasteiger partial charge in [0.2, 0.25) is 5.91 Å². The van der Waals surface area contributed by atoms with E-state index in [1.165, 1.54) is 25.8 Å². The number of pyridine rings is 1. The molecule has 0 spiro atoms. The Morgan fingerprint density at radius 2 is 1.78 bits per heavy atom. The second kappa shape index (κ2) is 16.5. The summed E-state index contributed by atoms with van der Waals surface area (Å²) in [7, 11) is 1.69. The molecule has 0 saturated heterocycles. The van der Waals surface area contributed by atoms with Crippen molar-refractivity contribution in [1.29, 1.82) is 0 Å². The number of carbonyl (C=O) groups excluding carboxylic acids is 1. The average molecular weight is 752 g/mol. The van der Waals surface area contributed by atoms with E-state index in [0.717, 1.165) is 12.1 Å². The summed E-state index contributed by atoms with van der Waals surface area (Å²) in [5, 5.41) is 18.3. The number of aromatic nitrogens is 3. The summed E-state index contributed by atoms with van der Waals surface area (Å²) in [5.74, 6) is 3.13. The van der Waals surface area contributed by atoms with Crippen molar-refractivity contribution in [3.63, 3.8) is 0 Å². The lowest BCUT2D eigenvalue weighted by Gasteiger charge is -2.22. The van der Waals surface area contributed by atoms with Crippen molar-refractivity contribution in [2.45, 2.75) is 44.8 Å². The maximum atomic E-state index is 14.4. The van der Waals surface area contributed by atoms with Crippen LogP contribution in [-0.4, -0.2) is 62.7 Å². The highest BCUT2D eigenvalue weighted by Crippen LogP contribution is 2.40. The number of carbonyl (C=O) groups is 1. The Hall–Kier alpha value is -4.72. The Labute approximate surface area is 298 Å². The number of hydrogen-bond donors (Lipinski definition) is 4. The molecule has 0 aliphatic carbocycles. The van der Waals surface area contributed by atoms with Crippen LogP contribution in [0.2, 0.25) is 5.02 Å². The normalized spacial score (nSPS) is 13.1. The zero-order chi connectivity index (χ0) is 37.6. The summed E-state index contributed by atoms with van der Waals surface area (Å²) in [4.78, 5) is 21.5. The van der Waals surface area contributed by atoms with Crippen LogP contribution in [0, 0.1) is 23.5 Å². The number of aliphatic hydroxyl groups is 1. The third kappa shape index (κ3) is 10.2. The first kappa shape index (κ1) is 39.1. The molecule has 0 fully saturated rings. The number of hydrogen-bond acceptors (Lipinski definition) is 8. The number of allylic oxidation sites excluding steroid dienone is 2. The van der Waals surface area contributed by atoms with Gasteiger partial charge in [-0.05, 0) is 68.2 Å². The number of aryl methyl sites for hydroxylation is 1. The number of fused-ring (bicyclic) bond motifs is 1. The molecule has 51 heavy (non-hydrogen) atoms. The van der Waals surface area contributed by atoms with Gasteiger partial charge in [-0.1, -0.05) is 35.5 Å². The first-order valence-corrected chi connectivity index (χ1v) is 16.6. The highest BCUT2D eigenvalue weighted by Gasteiger charge is 2.26. The Balaban J connectivity index is 1.94. The number of amides is 1. The fourth-order valence-corrected chi connectivity index (χ4v) is 5.59. The Bertz CT molecular complexity index is 2030. The highest BCUT2D eigenvalue weighted by atomic mass is 35.5. The Kier molecular flexibility index (Phi) is 12.7. The predicted octanol–water partition coefficient (Wildman–Crippen LogP) is 6.59. The molecule has 4 rings (SSSR count). The zero-order valence-corrected chi connectivity index (χ0v) is 29.1. The number of rotatable bonds is 12. The van der Waals surface area contributed by atoms with E-state index in [-0.39, 0.29) is 23.4 Å². The number of aliphatic imine (C=N–C) groups is 1. The Morgan fingerprint density at radius 3 is 2.39 bits per heavy atom. The van der Waals surface area contributed by atoms with Gasteiger partial charge in [0, 0.05) is 30.5 Å². The van der Waals surface area contributed by atoms with E-state index in [9.17, 15) is 36.2 Å². The van der Waals surface area contributed by atoms with Gasteiger partial charge < -0.3 is 20.9 Å². The van der Waals surface area contributed by atoms with Crippen molar-refractivity contribution in [3.05, 3.63) is 87.8 Å².